The van der Waals surface area contributed by atoms with Gasteiger partial charge in [-0.2, -0.15) is 0 Å². The number of carbonyl (C=O) groups is 1. The Morgan fingerprint density at radius 2 is 2.19 bits per heavy atom. The number of aromatic nitrogens is 1. The molecule has 0 saturated heterocycles. The van der Waals surface area contributed by atoms with Crippen LogP contribution in [0, 0.1) is 0 Å². The van der Waals surface area contributed by atoms with E-state index in [0.29, 0.717) is 18.5 Å². The first-order chi connectivity index (χ1) is 7.56. The number of carbonyl (C=O) groups excluding carboxylic acids is 1. The molecule has 16 heavy (non-hydrogen) atoms. The van der Waals surface area contributed by atoms with Crippen molar-refractivity contribution in [1.29, 1.82) is 0 Å². The lowest BCUT2D eigenvalue weighted by atomic mass is 10.2. The van der Waals surface area contributed by atoms with E-state index in [-0.39, 0.29) is 18.0 Å². The molecule has 0 atom stereocenters. The lowest BCUT2D eigenvalue weighted by Gasteiger charge is -2.11. The predicted molar refractivity (Wildman–Crippen MR) is 61.9 cm³/mol. The van der Waals surface area contributed by atoms with Crippen LogP contribution in [0.2, 0.25) is 0 Å². The van der Waals surface area contributed by atoms with E-state index in [1.807, 2.05) is 0 Å². The van der Waals surface area contributed by atoms with Gasteiger partial charge in [-0.25, -0.2) is 0 Å². The lowest BCUT2D eigenvalue weighted by Crippen LogP contribution is -2.28. The second kappa shape index (κ2) is 5.46. The lowest BCUT2D eigenvalue weighted by molar-refractivity contribution is -0.128. The third-order valence-corrected chi connectivity index (χ3v) is 2.38. The van der Waals surface area contributed by atoms with Crippen LogP contribution in [0.5, 0.6) is 0 Å². The zero-order valence-electron chi connectivity index (χ0n) is 9.64. The molecule has 0 aliphatic carbocycles. The maximum atomic E-state index is 11.7. The molecule has 0 aliphatic rings. The minimum Gasteiger partial charge on any atom is -0.349 e. The molecule has 88 valence electrons. The largest absolute Gasteiger partial charge is 0.349 e. The van der Waals surface area contributed by atoms with Crippen LogP contribution < -0.4 is 11.3 Å². The molecule has 0 saturated carbocycles. The Morgan fingerprint density at radius 3 is 2.75 bits per heavy atom. The van der Waals surface area contributed by atoms with Gasteiger partial charge in [0.25, 0.3) is 5.56 Å². The number of nitrogens with two attached hydrogens (primary N) is 1. The second-order valence-corrected chi connectivity index (χ2v) is 3.77. The van der Waals surface area contributed by atoms with Gasteiger partial charge in [0.05, 0.1) is 0 Å². The topological polar surface area (TPSA) is 68.3 Å². The fourth-order valence-electron chi connectivity index (χ4n) is 1.36. The predicted octanol–water partition coefficient (Wildman–Crippen LogP) is -0.215. The van der Waals surface area contributed by atoms with Crippen LogP contribution in [0.15, 0.2) is 23.1 Å². The van der Waals surface area contributed by atoms with E-state index in [9.17, 15) is 9.59 Å². The summed E-state index contributed by atoms with van der Waals surface area (Å²) in [6, 6.07) is 3.47. The first-order valence-electron chi connectivity index (χ1n) is 5.15. The molecule has 0 aliphatic heterocycles. The molecule has 0 fully saturated rings. The van der Waals surface area contributed by atoms with Crippen molar-refractivity contribution in [1.82, 2.24) is 9.47 Å². The number of amides is 1. The SMILES string of the molecule is CN(C)C(=O)CCn1cccc(CN)c1=O. The number of hydrogen-bond donors (Lipinski definition) is 1. The molecule has 1 aromatic rings. The highest BCUT2D eigenvalue weighted by atomic mass is 16.2. The van der Waals surface area contributed by atoms with Crippen LogP contribution in [-0.4, -0.2) is 29.5 Å². The molecule has 0 spiro atoms. The molecule has 1 rings (SSSR count). The van der Waals surface area contributed by atoms with Crippen LogP contribution in [0.3, 0.4) is 0 Å². The number of pyridine rings is 1. The van der Waals surface area contributed by atoms with E-state index in [0.717, 1.165) is 0 Å². The first kappa shape index (κ1) is 12.4. The monoisotopic (exact) mass is 223 g/mol. The van der Waals surface area contributed by atoms with Crippen LogP contribution in [0.25, 0.3) is 0 Å². The molecular formula is C11H17N3O2. The van der Waals surface area contributed by atoms with Crippen molar-refractivity contribution < 1.29 is 4.79 Å². The molecule has 0 unspecified atom stereocenters. The van der Waals surface area contributed by atoms with E-state index in [2.05, 4.69) is 0 Å². The highest BCUT2D eigenvalue weighted by Crippen LogP contribution is 1.94. The van der Waals surface area contributed by atoms with Crippen molar-refractivity contribution in [3.63, 3.8) is 0 Å². The summed E-state index contributed by atoms with van der Waals surface area (Å²) in [4.78, 5) is 24.6. The van der Waals surface area contributed by atoms with E-state index in [1.165, 1.54) is 9.47 Å². The summed E-state index contributed by atoms with van der Waals surface area (Å²) in [6.45, 7) is 0.616. The van der Waals surface area contributed by atoms with Crippen molar-refractivity contribution in [3.8, 4) is 0 Å². The van der Waals surface area contributed by atoms with Crippen molar-refractivity contribution in [2.75, 3.05) is 14.1 Å². The molecule has 1 aromatic heterocycles. The Kier molecular flexibility index (Phi) is 4.25. The highest BCUT2D eigenvalue weighted by molar-refractivity contribution is 5.75. The first-order valence-corrected chi connectivity index (χ1v) is 5.15. The van der Waals surface area contributed by atoms with Crippen molar-refractivity contribution >= 4 is 5.91 Å². The molecule has 1 amide bonds. The molecule has 2 N–H and O–H groups in total. The zero-order valence-corrected chi connectivity index (χ0v) is 9.64. The fourth-order valence-corrected chi connectivity index (χ4v) is 1.36. The third-order valence-electron chi connectivity index (χ3n) is 2.38. The van der Waals surface area contributed by atoms with Crippen LogP contribution in [0.1, 0.15) is 12.0 Å². The van der Waals surface area contributed by atoms with Crippen LogP contribution in [0.4, 0.5) is 0 Å². The average Bonchev–Trinajstić information content (AvgIpc) is 2.27. The summed E-state index contributed by atoms with van der Waals surface area (Å²) in [5.74, 6) is 0.00468. The minimum atomic E-state index is -0.114. The van der Waals surface area contributed by atoms with E-state index in [1.54, 1.807) is 32.4 Å². The van der Waals surface area contributed by atoms with Gasteiger partial charge in [0, 0.05) is 45.4 Å². The second-order valence-electron chi connectivity index (χ2n) is 3.77. The Morgan fingerprint density at radius 1 is 1.50 bits per heavy atom. The van der Waals surface area contributed by atoms with Crippen LogP contribution in [-0.2, 0) is 17.9 Å². The quantitative estimate of drug-likeness (QED) is 0.767. The molecule has 0 bridgehead atoms. The van der Waals surface area contributed by atoms with Gasteiger partial charge < -0.3 is 15.2 Å². The normalized spacial score (nSPS) is 10.2. The van der Waals surface area contributed by atoms with Gasteiger partial charge in [-0.15, -0.1) is 0 Å². The van der Waals surface area contributed by atoms with Gasteiger partial charge >= 0.3 is 0 Å². The van der Waals surface area contributed by atoms with Gasteiger partial charge in [0.2, 0.25) is 5.91 Å². The van der Waals surface area contributed by atoms with Crippen molar-refractivity contribution in [2.24, 2.45) is 5.73 Å². The third kappa shape index (κ3) is 2.93. The van der Waals surface area contributed by atoms with Crippen molar-refractivity contribution in [2.45, 2.75) is 19.5 Å². The average molecular weight is 223 g/mol. The summed E-state index contributed by atoms with van der Waals surface area (Å²) in [7, 11) is 3.39. The van der Waals surface area contributed by atoms with E-state index >= 15 is 0 Å². The molecule has 0 aromatic carbocycles. The Labute approximate surface area is 94.5 Å². The maximum absolute atomic E-state index is 11.7. The van der Waals surface area contributed by atoms with E-state index < -0.39 is 0 Å². The molecule has 5 nitrogen and oxygen atoms in total. The van der Waals surface area contributed by atoms with Gasteiger partial charge in [-0.3, -0.25) is 9.59 Å². The van der Waals surface area contributed by atoms with Gasteiger partial charge in [-0.05, 0) is 6.07 Å². The molecular weight excluding hydrogens is 206 g/mol. The van der Waals surface area contributed by atoms with Gasteiger partial charge in [0.1, 0.15) is 0 Å². The fraction of sp³-hybridized carbons (Fsp3) is 0.455. The Balaban J connectivity index is 2.75. The molecule has 5 heteroatoms. The maximum Gasteiger partial charge on any atom is 0.255 e. The van der Waals surface area contributed by atoms with Crippen molar-refractivity contribution in [3.05, 3.63) is 34.2 Å². The zero-order chi connectivity index (χ0) is 12.1. The number of rotatable bonds is 4. The van der Waals surface area contributed by atoms with E-state index in [4.69, 9.17) is 5.73 Å². The molecule has 1 heterocycles. The van der Waals surface area contributed by atoms with Crippen LogP contribution >= 0.6 is 0 Å². The van der Waals surface area contributed by atoms with Gasteiger partial charge in [0.15, 0.2) is 0 Å². The number of aryl methyl sites for hydroxylation is 1. The Hall–Kier alpha value is -1.62. The molecule has 0 radical (unpaired) electrons. The summed E-state index contributed by atoms with van der Waals surface area (Å²) in [6.07, 6.45) is 1.99. The summed E-state index contributed by atoms with van der Waals surface area (Å²) in [5, 5.41) is 0. The summed E-state index contributed by atoms with van der Waals surface area (Å²) in [5.41, 5.74) is 5.89. The summed E-state index contributed by atoms with van der Waals surface area (Å²) >= 11 is 0. The number of hydrogen-bond acceptors (Lipinski definition) is 3. The summed E-state index contributed by atoms with van der Waals surface area (Å²) < 4.78 is 1.52. The number of nitrogens with zero attached hydrogens (tertiary/aromatic N) is 2. The Bertz CT molecular complexity index is 423. The standard InChI is InChI=1S/C11H17N3O2/c1-13(2)10(15)5-7-14-6-3-4-9(8-12)11(14)16/h3-4,6H,5,7-8,12H2,1-2H3. The van der Waals surface area contributed by atoms with Gasteiger partial charge in [-0.1, -0.05) is 6.07 Å². The minimum absolute atomic E-state index is 0.00468. The smallest absolute Gasteiger partial charge is 0.255 e. The highest BCUT2D eigenvalue weighted by Gasteiger charge is 2.06.